The van der Waals surface area contributed by atoms with E-state index in [0.717, 1.165) is 28.0 Å². The van der Waals surface area contributed by atoms with Gasteiger partial charge >= 0.3 is 0 Å². The molecule has 0 fully saturated rings. The average molecular weight is 440 g/mol. The van der Waals surface area contributed by atoms with E-state index in [1.165, 1.54) is 4.68 Å². The molecule has 1 atom stereocenters. The molecule has 0 saturated heterocycles. The molecule has 0 radical (unpaired) electrons. The van der Waals surface area contributed by atoms with Gasteiger partial charge in [-0.05, 0) is 24.6 Å². The van der Waals surface area contributed by atoms with Crippen LogP contribution in [0, 0.1) is 0 Å². The molecule has 0 aliphatic carbocycles. The Morgan fingerprint density at radius 1 is 1.00 bits per heavy atom. The smallest absolute Gasteiger partial charge is 0.274 e. The monoisotopic (exact) mass is 439 g/mol. The van der Waals surface area contributed by atoms with Crippen molar-refractivity contribution in [1.29, 1.82) is 0 Å². The van der Waals surface area contributed by atoms with Gasteiger partial charge in [-0.25, -0.2) is 4.68 Å². The topological polar surface area (TPSA) is 73.2 Å². The van der Waals surface area contributed by atoms with Crippen molar-refractivity contribution in [3.63, 3.8) is 0 Å². The lowest BCUT2D eigenvalue weighted by Crippen LogP contribution is -2.41. The fourth-order valence-electron chi connectivity index (χ4n) is 4.44. The summed E-state index contributed by atoms with van der Waals surface area (Å²) < 4.78 is 7.48. The molecule has 3 aromatic carbocycles. The molecule has 0 unspecified atom stereocenters. The maximum absolute atomic E-state index is 13.1. The highest BCUT2D eigenvalue weighted by molar-refractivity contribution is 5.80. The highest BCUT2D eigenvalue weighted by Crippen LogP contribution is 2.45. The van der Waals surface area contributed by atoms with Gasteiger partial charge in [0, 0.05) is 34.9 Å². The third-order valence-electron chi connectivity index (χ3n) is 6.21. The van der Waals surface area contributed by atoms with Gasteiger partial charge in [-0.15, -0.1) is 0 Å². The Hall–Kier alpha value is -3.93. The summed E-state index contributed by atoms with van der Waals surface area (Å²) in [5.74, 6) is 1.42. The second kappa shape index (κ2) is 8.90. The van der Waals surface area contributed by atoms with Crippen LogP contribution >= 0.6 is 0 Å². The van der Waals surface area contributed by atoms with Crippen LogP contribution in [-0.4, -0.2) is 21.7 Å². The number of aromatic nitrogens is 2. The fraction of sp³-hybridized carbons (Fsp3) is 0.222. The Bertz CT molecular complexity index is 1330. The van der Waals surface area contributed by atoms with E-state index in [2.05, 4.69) is 10.4 Å². The number of carbonyl (C=O) groups is 1. The summed E-state index contributed by atoms with van der Waals surface area (Å²) in [5, 5.41) is 8.87. The molecule has 0 spiro atoms. The normalized spacial score (nSPS) is 13.6. The zero-order valence-corrected chi connectivity index (χ0v) is 18.4. The number of nitrogens with one attached hydrogen (secondary N) is 1. The molecule has 1 aromatic heterocycles. The predicted molar refractivity (Wildman–Crippen MR) is 128 cm³/mol. The molecular formula is C27H25N3O3. The number of ether oxygens (including phenoxy) is 1. The Kier molecular flexibility index (Phi) is 5.65. The van der Waals surface area contributed by atoms with E-state index in [9.17, 15) is 9.59 Å². The van der Waals surface area contributed by atoms with E-state index in [1.807, 2.05) is 73.7 Å². The largest absolute Gasteiger partial charge is 0.457 e. The minimum Gasteiger partial charge on any atom is -0.457 e. The first kappa shape index (κ1) is 20.9. The first-order valence-electron chi connectivity index (χ1n) is 11.2. The average Bonchev–Trinajstić information content (AvgIpc) is 2.85. The van der Waals surface area contributed by atoms with Gasteiger partial charge in [-0.1, -0.05) is 61.5 Å². The van der Waals surface area contributed by atoms with Crippen molar-refractivity contribution in [3.05, 3.63) is 100 Å². The summed E-state index contributed by atoms with van der Waals surface area (Å²) in [6, 6.07) is 22.9. The summed E-state index contributed by atoms with van der Waals surface area (Å²) >= 11 is 0. The minimum absolute atomic E-state index is 0.0628. The quantitative estimate of drug-likeness (QED) is 0.476. The molecule has 6 nitrogen and oxygen atoms in total. The highest BCUT2D eigenvalue weighted by atomic mass is 16.5. The van der Waals surface area contributed by atoms with Gasteiger partial charge in [0.15, 0.2) is 0 Å². The van der Waals surface area contributed by atoms with Crippen molar-refractivity contribution in [3.8, 4) is 11.5 Å². The van der Waals surface area contributed by atoms with Crippen molar-refractivity contribution in [1.82, 2.24) is 15.1 Å². The van der Waals surface area contributed by atoms with E-state index >= 15 is 0 Å². The predicted octanol–water partition coefficient (Wildman–Crippen LogP) is 4.62. The van der Waals surface area contributed by atoms with Gasteiger partial charge in [0.2, 0.25) is 5.91 Å². The summed E-state index contributed by atoms with van der Waals surface area (Å²) in [6.07, 6.45) is 2.68. The van der Waals surface area contributed by atoms with E-state index in [1.54, 1.807) is 12.3 Å². The van der Waals surface area contributed by atoms with Crippen LogP contribution in [-0.2, 0) is 11.3 Å². The molecule has 2 heterocycles. The van der Waals surface area contributed by atoms with Crippen LogP contribution in [0.5, 0.6) is 11.5 Å². The molecular weight excluding hydrogens is 414 g/mol. The van der Waals surface area contributed by atoms with E-state index < -0.39 is 0 Å². The van der Waals surface area contributed by atoms with Gasteiger partial charge in [-0.2, -0.15) is 5.10 Å². The van der Waals surface area contributed by atoms with Crippen molar-refractivity contribution >= 4 is 16.7 Å². The molecule has 166 valence electrons. The zero-order chi connectivity index (χ0) is 22.8. The Balaban J connectivity index is 1.35. The number of hydrogen-bond donors (Lipinski definition) is 1. The third-order valence-corrected chi connectivity index (χ3v) is 6.21. The standard InChI is InChI=1S/C27H25N3O3/c1-2-19(17-30-27(32)20-10-4-3-9-18(20)16-28-30)29-26(31)15-23-21-11-5-7-13-24(21)33-25-14-8-6-12-22(23)25/h3-14,16,19,23H,2,15,17H2,1H3,(H,29,31)/t19-/m1/s1. The molecule has 5 rings (SSSR count). The number of carbonyl (C=O) groups excluding carboxylic acids is 1. The van der Waals surface area contributed by atoms with Gasteiger partial charge in [0.05, 0.1) is 18.1 Å². The molecule has 1 aliphatic heterocycles. The molecule has 33 heavy (non-hydrogen) atoms. The molecule has 6 heteroatoms. The van der Waals surface area contributed by atoms with Crippen molar-refractivity contribution < 1.29 is 9.53 Å². The lowest BCUT2D eigenvalue weighted by Gasteiger charge is -2.28. The van der Waals surface area contributed by atoms with E-state index in [0.29, 0.717) is 24.8 Å². The molecule has 4 aromatic rings. The second-order valence-corrected chi connectivity index (χ2v) is 8.33. The lowest BCUT2D eigenvalue weighted by atomic mass is 9.85. The number of nitrogens with zero attached hydrogens (tertiary/aromatic N) is 2. The number of fused-ring (bicyclic) bond motifs is 3. The van der Waals surface area contributed by atoms with E-state index in [-0.39, 0.29) is 23.4 Å². The zero-order valence-electron chi connectivity index (χ0n) is 18.4. The van der Waals surface area contributed by atoms with Gasteiger partial charge in [-0.3, -0.25) is 9.59 Å². The van der Waals surface area contributed by atoms with Crippen LogP contribution in [0.2, 0.25) is 0 Å². The summed E-state index contributed by atoms with van der Waals surface area (Å²) in [4.78, 5) is 26.0. The van der Waals surface area contributed by atoms with Crippen LogP contribution in [0.25, 0.3) is 10.8 Å². The van der Waals surface area contributed by atoms with Crippen molar-refractivity contribution in [2.24, 2.45) is 0 Å². The van der Waals surface area contributed by atoms with Crippen LogP contribution in [0.15, 0.2) is 83.8 Å². The lowest BCUT2D eigenvalue weighted by molar-refractivity contribution is -0.122. The minimum atomic E-state index is -0.200. The number of amides is 1. The Labute approximate surface area is 191 Å². The first-order chi connectivity index (χ1) is 16.1. The molecule has 0 bridgehead atoms. The van der Waals surface area contributed by atoms with Crippen LogP contribution in [0.1, 0.15) is 36.8 Å². The van der Waals surface area contributed by atoms with Crippen LogP contribution in [0.3, 0.4) is 0 Å². The SMILES string of the molecule is CC[C@H](Cn1ncc2ccccc2c1=O)NC(=O)CC1c2ccccc2Oc2ccccc21. The summed E-state index contributed by atoms with van der Waals surface area (Å²) in [7, 11) is 0. The van der Waals surface area contributed by atoms with Gasteiger partial charge in [0.1, 0.15) is 11.5 Å². The summed E-state index contributed by atoms with van der Waals surface area (Å²) in [5.41, 5.74) is 1.87. The number of benzene rings is 3. The van der Waals surface area contributed by atoms with Gasteiger partial charge < -0.3 is 10.1 Å². The molecule has 0 saturated carbocycles. The molecule has 1 N–H and O–H groups in total. The van der Waals surface area contributed by atoms with E-state index in [4.69, 9.17) is 4.74 Å². The summed E-state index contributed by atoms with van der Waals surface area (Å²) in [6.45, 7) is 2.32. The van der Waals surface area contributed by atoms with Crippen LogP contribution in [0.4, 0.5) is 0 Å². The molecule has 1 aliphatic rings. The Morgan fingerprint density at radius 3 is 2.33 bits per heavy atom. The Morgan fingerprint density at radius 2 is 1.64 bits per heavy atom. The van der Waals surface area contributed by atoms with Gasteiger partial charge in [0.25, 0.3) is 5.56 Å². The maximum atomic E-state index is 13.1. The highest BCUT2D eigenvalue weighted by Gasteiger charge is 2.29. The number of hydrogen-bond acceptors (Lipinski definition) is 4. The molecule has 1 amide bonds. The first-order valence-corrected chi connectivity index (χ1v) is 11.2. The fourth-order valence-corrected chi connectivity index (χ4v) is 4.44. The number of para-hydroxylation sites is 2. The number of rotatable bonds is 6. The third kappa shape index (κ3) is 4.12. The van der Waals surface area contributed by atoms with Crippen molar-refractivity contribution in [2.75, 3.05) is 0 Å². The van der Waals surface area contributed by atoms with Crippen LogP contribution < -0.4 is 15.6 Å². The van der Waals surface area contributed by atoms with Crippen molar-refractivity contribution in [2.45, 2.75) is 38.3 Å². The second-order valence-electron chi connectivity index (χ2n) is 8.33. The maximum Gasteiger partial charge on any atom is 0.274 e.